The summed E-state index contributed by atoms with van der Waals surface area (Å²) in [5.74, 6) is 1.07. The van der Waals surface area contributed by atoms with Crippen molar-refractivity contribution in [1.82, 2.24) is 24.4 Å². The van der Waals surface area contributed by atoms with Crippen LogP contribution in [0.4, 0.5) is 5.82 Å². The second-order valence-corrected chi connectivity index (χ2v) is 6.43. The number of nitrogens with one attached hydrogen (secondary N) is 1. The van der Waals surface area contributed by atoms with Crippen LogP contribution in [0.3, 0.4) is 0 Å². The summed E-state index contributed by atoms with van der Waals surface area (Å²) in [6, 6.07) is 4.79. The lowest BCUT2D eigenvalue weighted by Gasteiger charge is -2.14. The molecule has 9 heteroatoms. The van der Waals surface area contributed by atoms with Crippen molar-refractivity contribution in [3.05, 3.63) is 36.9 Å². The summed E-state index contributed by atoms with van der Waals surface area (Å²) in [6.07, 6.45) is 5.02. The predicted molar refractivity (Wildman–Crippen MR) is 90.9 cm³/mol. The third kappa shape index (κ3) is 3.58. The summed E-state index contributed by atoms with van der Waals surface area (Å²) in [6.45, 7) is 1.49. The number of rotatable bonds is 6. The molecule has 0 saturated carbocycles. The molecule has 0 spiro atoms. The fourth-order valence-corrected chi connectivity index (χ4v) is 2.62. The molecule has 8 nitrogen and oxygen atoms in total. The fraction of sp³-hybridized carbons (Fsp3) is 0.267. The smallest absolute Gasteiger partial charge is 0.237 e. The Morgan fingerprint density at radius 1 is 1.33 bits per heavy atom. The molecule has 0 saturated heterocycles. The highest BCUT2D eigenvalue weighted by Gasteiger charge is 2.10. The van der Waals surface area contributed by atoms with Gasteiger partial charge in [-0.3, -0.25) is 8.78 Å². The van der Waals surface area contributed by atoms with Gasteiger partial charge in [-0.1, -0.05) is 0 Å². The van der Waals surface area contributed by atoms with Crippen molar-refractivity contribution in [3.8, 4) is 5.95 Å². The first-order valence-corrected chi connectivity index (χ1v) is 8.40. The monoisotopic (exact) mass is 345 g/mol. The van der Waals surface area contributed by atoms with Crippen molar-refractivity contribution in [2.75, 3.05) is 32.5 Å². The fourth-order valence-electron chi connectivity index (χ4n) is 2.22. The average molecular weight is 345 g/mol. The molecule has 0 aliphatic rings. The van der Waals surface area contributed by atoms with Crippen LogP contribution in [0.2, 0.25) is 0 Å². The summed E-state index contributed by atoms with van der Waals surface area (Å²) in [4.78, 5) is 15.3. The van der Waals surface area contributed by atoms with E-state index in [1.807, 2.05) is 19.0 Å². The molecule has 1 unspecified atom stereocenters. The Morgan fingerprint density at radius 2 is 2.17 bits per heavy atom. The molecular formula is C15H17N6O2S-. The van der Waals surface area contributed by atoms with Gasteiger partial charge in [0.1, 0.15) is 12.1 Å². The highest BCUT2D eigenvalue weighted by atomic mass is 32.2. The molecule has 0 radical (unpaired) electrons. The van der Waals surface area contributed by atoms with E-state index in [2.05, 4.69) is 20.3 Å². The first kappa shape index (κ1) is 16.5. The maximum Gasteiger partial charge on any atom is 0.237 e. The maximum absolute atomic E-state index is 11.2. The van der Waals surface area contributed by atoms with Gasteiger partial charge in [0.15, 0.2) is 0 Å². The number of imidazole rings is 1. The highest BCUT2D eigenvalue weighted by Crippen LogP contribution is 2.24. The predicted octanol–water partition coefficient (Wildman–Crippen LogP) is 1.03. The maximum atomic E-state index is 11.2. The van der Waals surface area contributed by atoms with Gasteiger partial charge in [-0.25, -0.2) is 9.97 Å². The molecule has 3 aromatic rings. The van der Waals surface area contributed by atoms with Crippen LogP contribution in [-0.2, 0) is 11.1 Å². The molecule has 2 aromatic heterocycles. The number of nitrogens with zero attached hydrogens (tertiary/aromatic N) is 5. The van der Waals surface area contributed by atoms with Crippen LogP contribution in [-0.4, -0.2) is 60.4 Å². The normalized spacial score (nSPS) is 12.7. The third-order valence-electron chi connectivity index (χ3n) is 3.43. The molecule has 126 valence electrons. The van der Waals surface area contributed by atoms with E-state index >= 15 is 0 Å². The summed E-state index contributed by atoms with van der Waals surface area (Å²) >= 11 is -2.30. The number of benzene rings is 1. The second-order valence-electron chi connectivity index (χ2n) is 5.49. The molecule has 1 N–H and O–H groups in total. The van der Waals surface area contributed by atoms with Crippen LogP contribution in [0.15, 0.2) is 41.8 Å². The van der Waals surface area contributed by atoms with Gasteiger partial charge in [0.2, 0.25) is 5.95 Å². The average Bonchev–Trinajstić information content (AvgIpc) is 3.08. The minimum Gasteiger partial charge on any atom is -0.768 e. The van der Waals surface area contributed by atoms with E-state index in [0.717, 1.165) is 6.54 Å². The lowest BCUT2D eigenvalue weighted by Crippen LogP contribution is -2.21. The van der Waals surface area contributed by atoms with Crippen molar-refractivity contribution in [2.45, 2.75) is 4.90 Å². The quantitative estimate of drug-likeness (QED) is 0.666. The van der Waals surface area contributed by atoms with Crippen molar-refractivity contribution in [2.24, 2.45) is 0 Å². The van der Waals surface area contributed by atoms with Gasteiger partial charge in [0.25, 0.3) is 0 Å². The van der Waals surface area contributed by atoms with E-state index in [0.29, 0.717) is 29.2 Å². The van der Waals surface area contributed by atoms with Crippen LogP contribution in [0.5, 0.6) is 0 Å². The summed E-state index contributed by atoms with van der Waals surface area (Å²) in [7, 11) is 3.96. The number of hydrogen-bond donors (Lipinski definition) is 1. The molecule has 3 rings (SSSR count). The molecule has 2 heterocycles. The van der Waals surface area contributed by atoms with Gasteiger partial charge in [-0.2, -0.15) is 4.98 Å². The summed E-state index contributed by atoms with van der Waals surface area (Å²) in [5, 5.41) is 3.93. The number of hydrogen-bond acceptors (Lipinski definition) is 7. The molecule has 24 heavy (non-hydrogen) atoms. The van der Waals surface area contributed by atoms with Crippen LogP contribution >= 0.6 is 0 Å². The highest BCUT2D eigenvalue weighted by molar-refractivity contribution is 7.79. The number of likely N-dealkylation sites (N-methyl/N-ethyl adjacent to an activating group) is 1. The second kappa shape index (κ2) is 7.04. The topological polar surface area (TPSA) is 99.0 Å². The van der Waals surface area contributed by atoms with E-state index < -0.39 is 11.1 Å². The van der Waals surface area contributed by atoms with Gasteiger partial charge in [0.05, 0.1) is 5.52 Å². The Labute approximate surface area is 141 Å². The Kier molecular flexibility index (Phi) is 4.84. The van der Waals surface area contributed by atoms with Gasteiger partial charge in [0, 0.05) is 35.8 Å². The standard InChI is InChI=1S/C15H18N6O2S/c1-20(2)7-6-17-14-12-9-11(24(22)23)3-4-13(12)18-15(19-14)21-8-5-16-10-21/h3-5,8-10H,6-7H2,1-2H3,(H,22,23)(H,17,18,19)/p-1. The Morgan fingerprint density at radius 3 is 2.83 bits per heavy atom. The zero-order chi connectivity index (χ0) is 17.1. The Hall–Kier alpha value is -2.36. The molecule has 0 bridgehead atoms. The van der Waals surface area contributed by atoms with E-state index in [4.69, 9.17) is 0 Å². The minimum absolute atomic E-state index is 0.206. The van der Waals surface area contributed by atoms with Crippen LogP contribution in [0.1, 0.15) is 0 Å². The third-order valence-corrected chi connectivity index (χ3v) is 4.07. The first-order valence-electron chi connectivity index (χ1n) is 7.32. The number of anilines is 1. The number of aromatic nitrogens is 4. The van der Waals surface area contributed by atoms with E-state index in [1.54, 1.807) is 35.4 Å². The first-order chi connectivity index (χ1) is 11.5. The number of fused-ring (bicyclic) bond motifs is 1. The molecule has 1 aromatic carbocycles. The SMILES string of the molecule is CN(C)CCNc1nc(-n2ccnc2)nc2ccc(S(=O)[O-])cc12. The van der Waals surface area contributed by atoms with E-state index in [1.165, 1.54) is 6.07 Å². The minimum atomic E-state index is -2.30. The lowest BCUT2D eigenvalue weighted by molar-refractivity contribution is 0.425. The molecule has 0 fully saturated rings. The Bertz CT molecular complexity index is 866. The zero-order valence-corrected chi connectivity index (χ0v) is 14.2. The molecule has 0 aliphatic carbocycles. The summed E-state index contributed by atoms with van der Waals surface area (Å²) < 4.78 is 24.2. The van der Waals surface area contributed by atoms with Crippen molar-refractivity contribution < 1.29 is 8.76 Å². The van der Waals surface area contributed by atoms with E-state index in [-0.39, 0.29) is 4.90 Å². The van der Waals surface area contributed by atoms with Crippen LogP contribution in [0.25, 0.3) is 16.9 Å². The van der Waals surface area contributed by atoms with Crippen LogP contribution in [0, 0.1) is 0 Å². The zero-order valence-electron chi connectivity index (χ0n) is 13.3. The van der Waals surface area contributed by atoms with E-state index in [9.17, 15) is 8.76 Å². The van der Waals surface area contributed by atoms with Crippen molar-refractivity contribution >= 4 is 27.8 Å². The molecule has 1 atom stereocenters. The molecular weight excluding hydrogens is 328 g/mol. The lowest BCUT2D eigenvalue weighted by atomic mass is 10.2. The van der Waals surface area contributed by atoms with Crippen molar-refractivity contribution in [3.63, 3.8) is 0 Å². The molecule has 0 aliphatic heterocycles. The van der Waals surface area contributed by atoms with Gasteiger partial charge >= 0.3 is 0 Å². The van der Waals surface area contributed by atoms with Gasteiger partial charge in [-0.15, -0.1) is 0 Å². The summed E-state index contributed by atoms with van der Waals surface area (Å²) in [5.41, 5.74) is 0.662. The van der Waals surface area contributed by atoms with Gasteiger partial charge < -0.3 is 14.8 Å². The molecule has 0 amide bonds. The largest absolute Gasteiger partial charge is 0.768 e. The Balaban J connectivity index is 2.07. The van der Waals surface area contributed by atoms with Crippen LogP contribution < -0.4 is 5.32 Å². The van der Waals surface area contributed by atoms with Gasteiger partial charge in [-0.05, 0) is 43.4 Å². The van der Waals surface area contributed by atoms with Crippen molar-refractivity contribution in [1.29, 1.82) is 0 Å².